The largest absolute Gasteiger partial charge is 0.296 e. The Morgan fingerprint density at radius 1 is 1.19 bits per heavy atom. The summed E-state index contributed by atoms with van der Waals surface area (Å²) in [6, 6.07) is 9.52. The summed E-state index contributed by atoms with van der Waals surface area (Å²) in [6.07, 6.45) is 3.61. The highest BCUT2D eigenvalue weighted by atomic mass is 16.1. The third-order valence-electron chi connectivity index (χ3n) is 4.98. The molecule has 0 amide bonds. The van der Waals surface area contributed by atoms with Gasteiger partial charge in [0, 0.05) is 24.7 Å². The molecule has 4 nitrogen and oxygen atoms in total. The summed E-state index contributed by atoms with van der Waals surface area (Å²) < 4.78 is 1.85. The highest BCUT2D eigenvalue weighted by Crippen LogP contribution is 2.29. The van der Waals surface area contributed by atoms with E-state index in [1.54, 1.807) is 6.20 Å². The van der Waals surface area contributed by atoms with Crippen LogP contribution >= 0.6 is 0 Å². The number of pyridine rings is 1. The van der Waals surface area contributed by atoms with Crippen LogP contribution in [0.25, 0.3) is 10.9 Å². The lowest BCUT2D eigenvalue weighted by molar-refractivity contribution is 0.240. The van der Waals surface area contributed by atoms with E-state index in [0.29, 0.717) is 5.39 Å². The first-order valence-electron chi connectivity index (χ1n) is 8.90. The van der Waals surface area contributed by atoms with Crippen LogP contribution in [0.15, 0.2) is 41.3 Å². The Hall–Kier alpha value is -2.93. The van der Waals surface area contributed by atoms with Gasteiger partial charge in [0.05, 0.1) is 10.9 Å². The van der Waals surface area contributed by atoms with E-state index in [1.807, 2.05) is 41.8 Å². The maximum Gasteiger partial charge on any atom is 0.261 e. The molecule has 0 N–H and O–H groups in total. The minimum Gasteiger partial charge on any atom is -0.296 e. The Morgan fingerprint density at radius 3 is 2.81 bits per heavy atom. The van der Waals surface area contributed by atoms with Crippen molar-refractivity contribution in [3.05, 3.63) is 69.5 Å². The molecular weight excluding hydrogens is 322 g/mol. The molecule has 3 aromatic rings. The minimum atomic E-state index is 0.0603. The zero-order valence-corrected chi connectivity index (χ0v) is 15.3. The fourth-order valence-corrected chi connectivity index (χ4v) is 3.44. The van der Waals surface area contributed by atoms with Gasteiger partial charge in [-0.15, -0.1) is 0 Å². The van der Waals surface area contributed by atoms with Crippen LogP contribution in [0.2, 0.25) is 0 Å². The Bertz CT molecular complexity index is 1120. The molecule has 0 unspecified atom stereocenters. The lowest BCUT2D eigenvalue weighted by Crippen LogP contribution is -2.36. The first kappa shape index (κ1) is 16.5. The number of nitrogens with zero attached hydrogens (tertiary/aromatic N) is 3. The van der Waals surface area contributed by atoms with Gasteiger partial charge < -0.3 is 0 Å². The van der Waals surface area contributed by atoms with Crippen LogP contribution < -0.4 is 5.56 Å². The van der Waals surface area contributed by atoms with E-state index >= 15 is 0 Å². The van der Waals surface area contributed by atoms with Gasteiger partial charge >= 0.3 is 0 Å². The average Bonchev–Trinajstić information content (AvgIpc) is 2.62. The second kappa shape index (κ2) is 6.10. The number of fused-ring (bicyclic) bond motifs is 2. The number of hydrogen-bond acceptors (Lipinski definition) is 3. The van der Waals surface area contributed by atoms with Gasteiger partial charge in [-0.3, -0.25) is 9.36 Å². The predicted octanol–water partition coefficient (Wildman–Crippen LogP) is 3.47. The molecule has 2 aromatic heterocycles. The van der Waals surface area contributed by atoms with E-state index in [1.165, 1.54) is 0 Å². The fraction of sp³-hybridized carbons (Fsp3) is 0.318. The smallest absolute Gasteiger partial charge is 0.261 e. The molecule has 0 radical (unpaired) electrons. The molecule has 1 aliphatic heterocycles. The molecule has 0 aliphatic carbocycles. The number of hydrogen-bond donors (Lipinski definition) is 0. The maximum absolute atomic E-state index is 13.0. The maximum atomic E-state index is 13.0. The van der Waals surface area contributed by atoms with Crippen molar-refractivity contribution in [3.63, 3.8) is 0 Å². The Balaban J connectivity index is 1.84. The summed E-state index contributed by atoms with van der Waals surface area (Å²) in [5.74, 6) is 7.14. The normalized spacial score (nSPS) is 15.2. The van der Waals surface area contributed by atoms with Crippen molar-refractivity contribution in [2.75, 3.05) is 0 Å². The third-order valence-corrected chi connectivity index (χ3v) is 4.98. The average molecular weight is 343 g/mol. The number of benzene rings is 1. The van der Waals surface area contributed by atoms with Crippen LogP contribution in [0.1, 0.15) is 42.9 Å². The molecule has 0 fully saturated rings. The number of aromatic nitrogens is 3. The SMILES string of the molecule is Cc1cc2c(=O)n3c(nc2cc1C#Cc1ccccn1)CCC(C)(C)C3. The zero-order chi connectivity index (χ0) is 18.3. The van der Waals surface area contributed by atoms with Crippen LogP contribution in [-0.2, 0) is 13.0 Å². The Morgan fingerprint density at radius 2 is 2.04 bits per heavy atom. The van der Waals surface area contributed by atoms with E-state index < -0.39 is 0 Å². The van der Waals surface area contributed by atoms with Gasteiger partial charge in [0.25, 0.3) is 5.56 Å². The van der Waals surface area contributed by atoms with E-state index in [0.717, 1.165) is 47.5 Å². The number of aryl methyl sites for hydroxylation is 2. The molecule has 0 bridgehead atoms. The van der Waals surface area contributed by atoms with Gasteiger partial charge in [0.15, 0.2) is 0 Å². The van der Waals surface area contributed by atoms with Crippen molar-refractivity contribution in [3.8, 4) is 11.8 Å². The summed E-state index contributed by atoms with van der Waals surface area (Å²) >= 11 is 0. The zero-order valence-electron chi connectivity index (χ0n) is 15.3. The molecule has 4 rings (SSSR count). The monoisotopic (exact) mass is 343 g/mol. The highest BCUT2D eigenvalue weighted by molar-refractivity contribution is 5.80. The van der Waals surface area contributed by atoms with Gasteiger partial charge in [-0.25, -0.2) is 9.97 Å². The molecule has 26 heavy (non-hydrogen) atoms. The van der Waals surface area contributed by atoms with E-state index in [4.69, 9.17) is 4.98 Å². The molecule has 0 saturated carbocycles. The van der Waals surface area contributed by atoms with Gasteiger partial charge in [0.2, 0.25) is 0 Å². The molecule has 3 heterocycles. The van der Waals surface area contributed by atoms with Crippen LogP contribution in [0, 0.1) is 24.2 Å². The van der Waals surface area contributed by atoms with Crippen molar-refractivity contribution in [2.45, 2.75) is 40.2 Å². The molecule has 1 aromatic carbocycles. The van der Waals surface area contributed by atoms with Crippen LogP contribution in [0.4, 0.5) is 0 Å². The molecule has 0 spiro atoms. The molecule has 1 aliphatic rings. The van der Waals surface area contributed by atoms with E-state index in [-0.39, 0.29) is 11.0 Å². The minimum absolute atomic E-state index is 0.0603. The fourth-order valence-electron chi connectivity index (χ4n) is 3.44. The van der Waals surface area contributed by atoms with Crippen LogP contribution in [0.3, 0.4) is 0 Å². The van der Waals surface area contributed by atoms with Crippen molar-refractivity contribution in [1.82, 2.24) is 14.5 Å². The highest BCUT2D eigenvalue weighted by Gasteiger charge is 2.27. The van der Waals surface area contributed by atoms with Crippen LogP contribution in [0.5, 0.6) is 0 Å². The van der Waals surface area contributed by atoms with Crippen molar-refractivity contribution >= 4 is 10.9 Å². The van der Waals surface area contributed by atoms with Gasteiger partial charge in [-0.05, 0) is 54.5 Å². The Kier molecular flexibility index (Phi) is 3.88. The Labute approximate surface area is 152 Å². The first-order valence-corrected chi connectivity index (χ1v) is 8.90. The third kappa shape index (κ3) is 3.01. The van der Waals surface area contributed by atoms with Crippen molar-refractivity contribution in [1.29, 1.82) is 0 Å². The topological polar surface area (TPSA) is 47.8 Å². The lowest BCUT2D eigenvalue weighted by Gasteiger charge is -2.31. The van der Waals surface area contributed by atoms with Gasteiger partial charge in [-0.2, -0.15) is 0 Å². The summed E-state index contributed by atoms with van der Waals surface area (Å²) in [6.45, 7) is 7.11. The summed E-state index contributed by atoms with van der Waals surface area (Å²) in [4.78, 5) is 22.0. The molecule has 0 saturated heterocycles. The van der Waals surface area contributed by atoms with Gasteiger partial charge in [-0.1, -0.05) is 25.8 Å². The second-order valence-corrected chi connectivity index (χ2v) is 7.73. The van der Waals surface area contributed by atoms with E-state index in [9.17, 15) is 4.79 Å². The number of rotatable bonds is 0. The predicted molar refractivity (Wildman–Crippen MR) is 103 cm³/mol. The molecule has 0 atom stereocenters. The van der Waals surface area contributed by atoms with Gasteiger partial charge in [0.1, 0.15) is 11.5 Å². The van der Waals surface area contributed by atoms with Crippen molar-refractivity contribution < 1.29 is 0 Å². The molecule has 4 heteroatoms. The summed E-state index contributed by atoms with van der Waals surface area (Å²) in [5, 5.41) is 0.673. The second-order valence-electron chi connectivity index (χ2n) is 7.73. The van der Waals surface area contributed by atoms with Crippen molar-refractivity contribution in [2.24, 2.45) is 5.41 Å². The van der Waals surface area contributed by atoms with Crippen LogP contribution in [-0.4, -0.2) is 14.5 Å². The first-order chi connectivity index (χ1) is 12.4. The molecule has 130 valence electrons. The summed E-state index contributed by atoms with van der Waals surface area (Å²) in [5.41, 5.74) is 3.52. The van der Waals surface area contributed by atoms with E-state index in [2.05, 4.69) is 30.7 Å². The lowest BCUT2D eigenvalue weighted by atomic mass is 9.85. The summed E-state index contributed by atoms with van der Waals surface area (Å²) in [7, 11) is 0. The standard InChI is InChI=1S/C22H21N3O/c1-15-12-18-19(13-16(15)7-8-17-6-4-5-11-23-17)24-20-9-10-22(2,3)14-25(20)21(18)26/h4-6,11-13H,9-10,14H2,1-3H3. The quantitative estimate of drug-likeness (QED) is 0.587. The molecular formula is C22H21N3O.